The summed E-state index contributed by atoms with van der Waals surface area (Å²) in [6, 6.07) is 1.70. The summed E-state index contributed by atoms with van der Waals surface area (Å²) in [6.45, 7) is 13.7. The van der Waals surface area contributed by atoms with E-state index in [1.165, 1.54) is 6.20 Å². The van der Waals surface area contributed by atoms with Crippen LogP contribution < -0.4 is 5.32 Å². The number of hydrogen-bond acceptors (Lipinski definition) is 3. The molecule has 0 radical (unpaired) electrons. The van der Waals surface area contributed by atoms with Crippen LogP contribution in [-0.2, 0) is 0 Å². The van der Waals surface area contributed by atoms with Gasteiger partial charge in [-0.3, -0.25) is 9.88 Å². The van der Waals surface area contributed by atoms with Crippen LogP contribution in [0.1, 0.15) is 59.1 Å². The number of likely N-dealkylation sites (N-methyl/N-ethyl adjacent to an activating group) is 2. The predicted octanol–water partition coefficient (Wildman–Crippen LogP) is 3.77. The van der Waals surface area contributed by atoms with Crippen LogP contribution in [0.25, 0.3) is 0 Å². The first-order valence-electron chi connectivity index (χ1n) is 8.18. The van der Waals surface area contributed by atoms with Crippen molar-refractivity contribution < 1.29 is 4.39 Å². The maximum atomic E-state index is 13.6. The molecule has 1 heterocycles. The fraction of sp³-hybridized carbons (Fsp3) is 0.706. The first-order valence-corrected chi connectivity index (χ1v) is 8.18. The van der Waals surface area contributed by atoms with E-state index < -0.39 is 0 Å². The van der Waals surface area contributed by atoms with Gasteiger partial charge in [-0.2, -0.15) is 0 Å². The zero-order chi connectivity index (χ0) is 15.9. The Bertz CT molecular complexity index is 414. The first kappa shape index (κ1) is 18.1. The number of hydrogen-bond donors (Lipinski definition) is 1. The monoisotopic (exact) mass is 295 g/mol. The molecule has 0 saturated carbocycles. The van der Waals surface area contributed by atoms with Gasteiger partial charge in [-0.05, 0) is 44.1 Å². The summed E-state index contributed by atoms with van der Waals surface area (Å²) >= 11 is 0. The van der Waals surface area contributed by atoms with Gasteiger partial charge in [-0.15, -0.1) is 0 Å². The van der Waals surface area contributed by atoms with Gasteiger partial charge in [0.1, 0.15) is 5.82 Å². The van der Waals surface area contributed by atoms with Crippen LogP contribution in [0.3, 0.4) is 0 Å². The lowest BCUT2D eigenvalue weighted by Gasteiger charge is -2.48. The highest BCUT2D eigenvalue weighted by atomic mass is 19.1. The highest BCUT2D eigenvalue weighted by Crippen LogP contribution is 2.37. The van der Waals surface area contributed by atoms with E-state index in [1.807, 2.05) is 0 Å². The van der Waals surface area contributed by atoms with Crippen molar-refractivity contribution in [1.29, 1.82) is 0 Å². The van der Waals surface area contributed by atoms with Crippen molar-refractivity contribution in [3.05, 3.63) is 29.8 Å². The molecule has 4 heteroatoms. The van der Waals surface area contributed by atoms with Gasteiger partial charge in [0.05, 0.1) is 12.2 Å². The number of rotatable bonds is 9. The SMILES string of the molecule is CCNC(c1cncc(F)c1)C(CC)(CC)N(CC)CC. The van der Waals surface area contributed by atoms with Gasteiger partial charge in [0.2, 0.25) is 0 Å². The second kappa shape index (κ2) is 8.44. The molecule has 0 aliphatic heterocycles. The Balaban J connectivity index is 3.32. The van der Waals surface area contributed by atoms with Gasteiger partial charge in [-0.25, -0.2) is 4.39 Å². The molecule has 1 aromatic rings. The van der Waals surface area contributed by atoms with Gasteiger partial charge in [0, 0.05) is 11.7 Å². The fourth-order valence-corrected chi connectivity index (χ4v) is 3.55. The van der Waals surface area contributed by atoms with Crippen molar-refractivity contribution >= 4 is 0 Å². The lowest BCUT2D eigenvalue weighted by Crippen LogP contribution is -2.56. The number of pyridine rings is 1. The average molecular weight is 295 g/mol. The normalized spacial score (nSPS) is 13.7. The number of nitrogens with one attached hydrogen (secondary N) is 1. The predicted molar refractivity (Wildman–Crippen MR) is 86.8 cm³/mol. The molecule has 1 unspecified atom stereocenters. The maximum absolute atomic E-state index is 13.6. The van der Waals surface area contributed by atoms with Crippen LogP contribution in [0.2, 0.25) is 0 Å². The Kier molecular flexibility index (Phi) is 7.26. The zero-order valence-electron chi connectivity index (χ0n) is 14.1. The first-order chi connectivity index (χ1) is 10.1. The van der Waals surface area contributed by atoms with Gasteiger partial charge in [0.25, 0.3) is 0 Å². The highest BCUT2D eigenvalue weighted by molar-refractivity contribution is 5.21. The van der Waals surface area contributed by atoms with Crippen LogP contribution in [0, 0.1) is 5.82 Å². The molecule has 0 bridgehead atoms. The third-order valence-corrected chi connectivity index (χ3v) is 4.62. The Labute approximate surface area is 129 Å². The largest absolute Gasteiger partial charge is 0.309 e. The molecule has 1 aromatic heterocycles. The zero-order valence-corrected chi connectivity index (χ0v) is 14.1. The van der Waals surface area contributed by atoms with Crippen LogP contribution in [0.5, 0.6) is 0 Å². The van der Waals surface area contributed by atoms with E-state index in [0.717, 1.165) is 38.0 Å². The second-order valence-electron chi connectivity index (χ2n) is 5.41. The van der Waals surface area contributed by atoms with Crippen molar-refractivity contribution in [2.75, 3.05) is 19.6 Å². The van der Waals surface area contributed by atoms with E-state index in [-0.39, 0.29) is 17.4 Å². The van der Waals surface area contributed by atoms with Gasteiger partial charge < -0.3 is 5.32 Å². The molecule has 0 saturated heterocycles. The van der Waals surface area contributed by atoms with E-state index in [4.69, 9.17) is 0 Å². The lowest BCUT2D eigenvalue weighted by atomic mass is 9.79. The Morgan fingerprint density at radius 1 is 1.14 bits per heavy atom. The van der Waals surface area contributed by atoms with E-state index in [1.54, 1.807) is 12.3 Å². The Morgan fingerprint density at radius 2 is 1.76 bits per heavy atom. The summed E-state index contributed by atoms with van der Waals surface area (Å²) in [5.74, 6) is -0.268. The molecule has 0 aromatic carbocycles. The van der Waals surface area contributed by atoms with Crippen molar-refractivity contribution in [1.82, 2.24) is 15.2 Å². The van der Waals surface area contributed by atoms with Crippen LogP contribution in [0.15, 0.2) is 18.5 Å². The van der Waals surface area contributed by atoms with Crippen molar-refractivity contribution in [2.24, 2.45) is 0 Å². The summed E-state index contributed by atoms with van der Waals surface area (Å²) in [5, 5.41) is 3.57. The van der Waals surface area contributed by atoms with Gasteiger partial charge in [0.15, 0.2) is 0 Å². The number of halogens is 1. The minimum Gasteiger partial charge on any atom is -0.309 e. The molecule has 120 valence electrons. The maximum Gasteiger partial charge on any atom is 0.141 e. The highest BCUT2D eigenvalue weighted by Gasteiger charge is 2.40. The van der Waals surface area contributed by atoms with Crippen LogP contribution >= 0.6 is 0 Å². The van der Waals surface area contributed by atoms with E-state index in [2.05, 4.69) is 49.8 Å². The fourth-order valence-electron chi connectivity index (χ4n) is 3.55. The molecule has 1 rings (SSSR count). The molecular weight excluding hydrogens is 265 g/mol. The number of nitrogens with zero attached hydrogens (tertiary/aromatic N) is 2. The minimum absolute atomic E-state index is 0.0189. The molecule has 3 nitrogen and oxygen atoms in total. The molecule has 0 aliphatic rings. The summed E-state index contributed by atoms with van der Waals surface area (Å²) in [5.41, 5.74) is 0.919. The van der Waals surface area contributed by atoms with Gasteiger partial charge in [-0.1, -0.05) is 34.6 Å². The smallest absolute Gasteiger partial charge is 0.141 e. The van der Waals surface area contributed by atoms with Crippen LogP contribution in [-0.4, -0.2) is 35.1 Å². The molecule has 0 spiro atoms. The summed E-state index contributed by atoms with van der Waals surface area (Å²) in [4.78, 5) is 6.54. The van der Waals surface area contributed by atoms with E-state index >= 15 is 0 Å². The van der Waals surface area contributed by atoms with Gasteiger partial charge >= 0.3 is 0 Å². The third-order valence-electron chi connectivity index (χ3n) is 4.62. The lowest BCUT2D eigenvalue weighted by molar-refractivity contribution is 0.0490. The summed E-state index contributed by atoms with van der Waals surface area (Å²) in [6.07, 6.45) is 5.09. The third kappa shape index (κ3) is 3.80. The minimum atomic E-state index is -0.268. The molecular formula is C17H30FN3. The van der Waals surface area contributed by atoms with E-state index in [0.29, 0.717) is 0 Å². The topological polar surface area (TPSA) is 28.2 Å². The van der Waals surface area contributed by atoms with Crippen molar-refractivity contribution in [3.63, 3.8) is 0 Å². The Morgan fingerprint density at radius 3 is 2.19 bits per heavy atom. The number of aromatic nitrogens is 1. The van der Waals surface area contributed by atoms with Crippen LogP contribution in [0.4, 0.5) is 4.39 Å². The van der Waals surface area contributed by atoms with Crippen molar-refractivity contribution in [2.45, 2.75) is 59.0 Å². The quantitative estimate of drug-likeness (QED) is 0.751. The van der Waals surface area contributed by atoms with E-state index in [9.17, 15) is 4.39 Å². The summed E-state index contributed by atoms with van der Waals surface area (Å²) in [7, 11) is 0. The average Bonchev–Trinajstić information content (AvgIpc) is 2.51. The molecule has 1 atom stereocenters. The molecule has 21 heavy (non-hydrogen) atoms. The molecule has 1 N–H and O–H groups in total. The van der Waals surface area contributed by atoms with Crippen molar-refractivity contribution in [3.8, 4) is 0 Å². The second-order valence-corrected chi connectivity index (χ2v) is 5.41. The molecule has 0 aliphatic carbocycles. The Hall–Kier alpha value is -1.00. The standard InChI is InChI=1S/C17H30FN3/c1-6-17(7-2,21(9-4)10-5)16(20-8-3)14-11-15(18)13-19-12-14/h11-13,16,20H,6-10H2,1-5H3. The molecule has 0 amide bonds. The molecule has 0 fully saturated rings. The summed E-state index contributed by atoms with van der Waals surface area (Å²) < 4.78 is 13.6.